The average Bonchev–Trinajstić information content (AvgIpc) is 2.61. The van der Waals surface area contributed by atoms with Gasteiger partial charge in [-0.25, -0.2) is 0 Å². The second-order valence-electron chi connectivity index (χ2n) is 3.64. The largest absolute Gasteiger partial charge is 0.399 e. The molecule has 0 atom stereocenters. The van der Waals surface area contributed by atoms with Gasteiger partial charge in [0.25, 0.3) is 0 Å². The molecule has 7 heteroatoms. The lowest BCUT2D eigenvalue weighted by molar-refractivity contribution is -0.389. The lowest BCUT2D eigenvalue weighted by atomic mass is 10.3. The van der Waals surface area contributed by atoms with Gasteiger partial charge in [0, 0.05) is 11.9 Å². The van der Waals surface area contributed by atoms with Crippen LogP contribution in [0.2, 0.25) is 0 Å². The Labute approximate surface area is 97.0 Å². The number of pyridine rings is 1. The lowest BCUT2D eigenvalue weighted by Crippen LogP contribution is -2.06. The first kappa shape index (κ1) is 11.1. The number of nitrogen functional groups attached to an aromatic ring is 1. The Bertz CT molecular complexity index is 564. The fourth-order valence-corrected chi connectivity index (χ4v) is 1.48. The predicted molar refractivity (Wildman–Crippen MR) is 61.4 cm³/mol. The van der Waals surface area contributed by atoms with Crippen LogP contribution >= 0.6 is 0 Å². The fourth-order valence-electron chi connectivity index (χ4n) is 1.48. The van der Waals surface area contributed by atoms with Crippen molar-refractivity contribution in [3.63, 3.8) is 0 Å². The van der Waals surface area contributed by atoms with Crippen molar-refractivity contribution in [3.8, 4) is 0 Å². The lowest BCUT2D eigenvalue weighted by Gasteiger charge is -2.00. The zero-order valence-electron chi connectivity index (χ0n) is 9.20. The van der Waals surface area contributed by atoms with Crippen molar-refractivity contribution in [2.24, 2.45) is 0 Å². The van der Waals surface area contributed by atoms with Gasteiger partial charge in [-0.15, -0.1) is 0 Å². The zero-order valence-corrected chi connectivity index (χ0v) is 9.20. The molecule has 0 bridgehead atoms. The molecule has 0 aliphatic heterocycles. The van der Waals surface area contributed by atoms with E-state index in [9.17, 15) is 10.1 Å². The Morgan fingerprint density at radius 1 is 1.53 bits per heavy atom. The molecule has 0 amide bonds. The highest BCUT2D eigenvalue weighted by atomic mass is 16.6. The molecule has 0 aliphatic rings. The molecule has 2 rings (SSSR count). The summed E-state index contributed by atoms with van der Waals surface area (Å²) in [6.07, 6.45) is 1.60. The minimum atomic E-state index is -0.518. The Kier molecular flexibility index (Phi) is 2.73. The van der Waals surface area contributed by atoms with Crippen molar-refractivity contribution in [2.75, 3.05) is 5.73 Å². The first-order chi connectivity index (χ1) is 8.06. The van der Waals surface area contributed by atoms with Gasteiger partial charge in [0.05, 0.1) is 22.6 Å². The number of nitrogens with two attached hydrogens (primary N) is 1. The smallest absolute Gasteiger partial charge is 0.390 e. The van der Waals surface area contributed by atoms with E-state index in [4.69, 9.17) is 5.73 Å². The topological polar surface area (TPSA) is 99.9 Å². The van der Waals surface area contributed by atoms with Crippen molar-refractivity contribution in [2.45, 2.75) is 13.5 Å². The molecule has 2 N–H and O–H groups in total. The molecular weight excluding hydrogens is 222 g/mol. The molecule has 0 unspecified atom stereocenters. The van der Waals surface area contributed by atoms with Crippen molar-refractivity contribution >= 4 is 11.5 Å². The van der Waals surface area contributed by atoms with E-state index in [1.54, 1.807) is 25.3 Å². The Balaban J connectivity index is 2.27. The highest BCUT2D eigenvalue weighted by Gasteiger charge is 2.15. The first-order valence-electron chi connectivity index (χ1n) is 4.95. The quantitative estimate of drug-likeness (QED) is 0.632. The molecule has 0 radical (unpaired) electrons. The van der Waals surface area contributed by atoms with Gasteiger partial charge in [-0.05, 0) is 24.0 Å². The number of aromatic nitrogens is 3. The van der Waals surface area contributed by atoms with E-state index in [-0.39, 0.29) is 5.82 Å². The van der Waals surface area contributed by atoms with Gasteiger partial charge in [0.2, 0.25) is 0 Å². The van der Waals surface area contributed by atoms with Gasteiger partial charge < -0.3 is 15.8 Å². The number of anilines is 1. The summed E-state index contributed by atoms with van der Waals surface area (Å²) >= 11 is 0. The van der Waals surface area contributed by atoms with Gasteiger partial charge in [0.1, 0.15) is 6.54 Å². The third kappa shape index (κ3) is 2.39. The van der Waals surface area contributed by atoms with Crippen LogP contribution in [0.1, 0.15) is 11.4 Å². The van der Waals surface area contributed by atoms with Crippen molar-refractivity contribution in [1.29, 1.82) is 0 Å². The highest BCUT2D eigenvalue weighted by Crippen LogP contribution is 2.13. The minimum absolute atomic E-state index is 0.161. The molecule has 2 aromatic heterocycles. The number of nitrogens with zero attached hydrogens (tertiary/aromatic N) is 4. The van der Waals surface area contributed by atoms with Crippen LogP contribution < -0.4 is 5.73 Å². The van der Waals surface area contributed by atoms with Crippen molar-refractivity contribution < 1.29 is 4.92 Å². The molecule has 2 heterocycles. The van der Waals surface area contributed by atoms with Crippen LogP contribution in [-0.4, -0.2) is 19.7 Å². The standard InChI is InChI=1S/C10H11N5O2/c1-7-4-10(15(16)17)13-14(7)6-9-5-8(11)2-3-12-9/h2-5H,6H2,1H3,(H2,11,12). The van der Waals surface area contributed by atoms with Gasteiger partial charge >= 0.3 is 5.82 Å². The number of hydrogen-bond acceptors (Lipinski definition) is 5. The Morgan fingerprint density at radius 3 is 2.88 bits per heavy atom. The second kappa shape index (κ2) is 4.20. The van der Waals surface area contributed by atoms with E-state index < -0.39 is 4.92 Å². The number of hydrogen-bond donors (Lipinski definition) is 1. The van der Waals surface area contributed by atoms with Crippen LogP contribution in [0.4, 0.5) is 11.5 Å². The van der Waals surface area contributed by atoms with Crippen LogP contribution in [0.3, 0.4) is 0 Å². The maximum absolute atomic E-state index is 10.6. The Morgan fingerprint density at radius 2 is 2.29 bits per heavy atom. The van der Waals surface area contributed by atoms with Crippen LogP contribution in [0.15, 0.2) is 24.4 Å². The van der Waals surface area contributed by atoms with E-state index in [0.29, 0.717) is 23.6 Å². The first-order valence-corrected chi connectivity index (χ1v) is 4.95. The monoisotopic (exact) mass is 233 g/mol. The maximum atomic E-state index is 10.6. The summed E-state index contributed by atoms with van der Waals surface area (Å²) < 4.78 is 1.53. The fraction of sp³-hybridized carbons (Fsp3) is 0.200. The number of rotatable bonds is 3. The van der Waals surface area contributed by atoms with Crippen LogP contribution in [0.25, 0.3) is 0 Å². The average molecular weight is 233 g/mol. The molecule has 0 aromatic carbocycles. The highest BCUT2D eigenvalue weighted by molar-refractivity contribution is 5.37. The molecule has 0 aliphatic carbocycles. The molecule has 2 aromatic rings. The Hall–Kier alpha value is -2.44. The van der Waals surface area contributed by atoms with Gasteiger partial charge in [-0.1, -0.05) is 0 Å². The van der Waals surface area contributed by atoms with Crippen molar-refractivity contribution in [3.05, 3.63) is 45.9 Å². The summed E-state index contributed by atoms with van der Waals surface area (Å²) in [6, 6.07) is 4.82. The molecule has 88 valence electrons. The zero-order chi connectivity index (χ0) is 12.4. The van der Waals surface area contributed by atoms with Crippen molar-refractivity contribution in [1.82, 2.24) is 14.8 Å². The summed E-state index contributed by atoms with van der Waals surface area (Å²) in [5, 5.41) is 14.4. The molecular formula is C10H11N5O2. The molecule has 7 nitrogen and oxygen atoms in total. The normalized spacial score (nSPS) is 10.4. The van der Waals surface area contributed by atoms with Gasteiger partial charge in [0.15, 0.2) is 0 Å². The predicted octanol–water partition coefficient (Wildman–Crippen LogP) is 1.13. The van der Waals surface area contributed by atoms with E-state index in [2.05, 4.69) is 10.1 Å². The molecule has 0 saturated heterocycles. The third-order valence-electron chi connectivity index (χ3n) is 2.31. The summed E-state index contributed by atoms with van der Waals surface area (Å²) in [6.45, 7) is 2.12. The minimum Gasteiger partial charge on any atom is -0.399 e. The second-order valence-corrected chi connectivity index (χ2v) is 3.64. The van der Waals surface area contributed by atoms with Crippen LogP contribution in [0, 0.1) is 17.0 Å². The van der Waals surface area contributed by atoms with Crippen LogP contribution in [-0.2, 0) is 6.54 Å². The summed E-state index contributed by atoms with van der Waals surface area (Å²) in [7, 11) is 0. The van der Waals surface area contributed by atoms with Gasteiger partial charge in [-0.2, -0.15) is 4.68 Å². The molecule has 0 saturated carbocycles. The third-order valence-corrected chi connectivity index (χ3v) is 2.31. The van der Waals surface area contributed by atoms with E-state index in [0.717, 1.165) is 0 Å². The summed E-state index contributed by atoms with van der Waals surface area (Å²) in [4.78, 5) is 14.2. The van der Waals surface area contributed by atoms with Crippen LogP contribution in [0.5, 0.6) is 0 Å². The van der Waals surface area contributed by atoms with Gasteiger partial charge in [-0.3, -0.25) is 4.98 Å². The van der Waals surface area contributed by atoms with E-state index >= 15 is 0 Å². The molecule has 17 heavy (non-hydrogen) atoms. The molecule has 0 spiro atoms. The SMILES string of the molecule is Cc1cc([N+](=O)[O-])nn1Cc1cc(N)ccn1. The summed E-state index contributed by atoms with van der Waals surface area (Å²) in [5.41, 5.74) is 7.65. The van der Waals surface area contributed by atoms with E-state index in [1.165, 1.54) is 10.7 Å². The maximum Gasteiger partial charge on any atom is 0.390 e. The van der Waals surface area contributed by atoms with E-state index in [1.807, 2.05) is 0 Å². The molecule has 0 fully saturated rings. The summed E-state index contributed by atoms with van der Waals surface area (Å²) in [5.74, 6) is -0.161. The number of nitro groups is 1. The number of aryl methyl sites for hydroxylation is 1.